The van der Waals surface area contributed by atoms with Gasteiger partial charge in [-0.25, -0.2) is 9.97 Å². The Bertz CT molecular complexity index is 441. The number of hydrogen-bond acceptors (Lipinski definition) is 4. The monoisotopic (exact) mass is 190 g/mol. The molecular weight excluding hydrogens is 180 g/mol. The molecule has 0 spiro atoms. The van der Waals surface area contributed by atoms with Gasteiger partial charge in [-0.2, -0.15) is 0 Å². The smallest absolute Gasteiger partial charge is 0.229 e. The minimum atomic E-state index is -0.0662. The van der Waals surface area contributed by atoms with E-state index in [-0.39, 0.29) is 11.7 Å². The molecular formula is C10H10N2O2. The highest BCUT2D eigenvalue weighted by molar-refractivity contribution is 5.97. The van der Waals surface area contributed by atoms with Gasteiger partial charge in [-0.05, 0) is 6.07 Å². The summed E-state index contributed by atoms with van der Waals surface area (Å²) in [7, 11) is 0. The number of Topliss-reactive ketones (excluding diaryl/α,β-unsaturated/α-hetero) is 1. The summed E-state index contributed by atoms with van der Waals surface area (Å²) in [5, 5.41) is 0.761. The Morgan fingerprint density at radius 3 is 2.93 bits per heavy atom. The number of hydrogen-bond donors (Lipinski definition) is 0. The molecule has 0 unspecified atom stereocenters. The summed E-state index contributed by atoms with van der Waals surface area (Å²) >= 11 is 0. The molecule has 2 aromatic rings. The maximum Gasteiger partial charge on any atom is 0.229 e. The molecule has 4 nitrogen and oxygen atoms in total. The molecule has 0 amide bonds. The minimum Gasteiger partial charge on any atom is -0.434 e. The Morgan fingerprint density at radius 2 is 2.29 bits per heavy atom. The maximum absolute atomic E-state index is 11.6. The van der Waals surface area contributed by atoms with Gasteiger partial charge in [0, 0.05) is 12.1 Å². The van der Waals surface area contributed by atoms with E-state index in [0.717, 1.165) is 5.39 Å². The molecule has 2 heterocycles. The van der Waals surface area contributed by atoms with Crippen LogP contribution >= 0.6 is 0 Å². The topological polar surface area (TPSA) is 56.0 Å². The SMILES string of the molecule is CC(C)C(=O)c1cc2cncnc2o1. The zero-order chi connectivity index (χ0) is 10.1. The molecule has 0 bridgehead atoms. The lowest BCUT2D eigenvalue weighted by Crippen LogP contribution is -2.05. The molecule has 0 fully saturated rings. The van der Waals surface area contributed by atoms with Crippen LogP contribution in [0.1, 0.15) is 24.4 Å². The molecule has 0 aromatic carbocycles. The predicted octanol–water partition coefficient (Wildman–Crippen LogP) is 2.06. The van der Waals surface area contributed by atoms with Gasteiger partial charge in [0.1, 0.15) is 6.33 Å². The highest BCUT2D eigenvalue weighted by Crippen LogP contribution is 2.18. The van der Waals surface area contributed by atoms with Crippen molar-refractivity contribution in [2.45, 2.75) is 13.8 Å². The van der Waals surface area contributed by atoms with Crippen molar-refractivity contribution in [2.75, 3.05) is 0 Å². The summed E-state index contributed by atoms with van der Waals surface area (Å²) in [5.74, 6) is 0.280. The fourth-order valence-corrected chi connectivity index (χ4v) is 1.19. The zero-order valence-electron chi connectivity index (χ0n) is 8.02. The normalized spacial score (nSPS) is 11.1. The second-order valence-electron chi connectivity index (χ2n) is 3.41. The largest absolute Gasteiger partial charge is 0.434 e. The first-order chi connectivity index (χ1) is 6.68. The van der Waals surface area contributed by atoms with Gasteiger partial charge >= 0.3 is 0 Å². The zero-order valence-corrected chi connectivity index (χ0v) is 8.02. The number of aromatic nitrogens is 2. The van der Waals surface area contributed by atoms with Crippen LogP contribution in [-0.4, -0.2) is 15.8 Å². The van der Waals surface area contributed by atoms with Crippen molar-refractivity contribution in [3.05, 3.63) is 24.4 Å². The third-order valence-corrected chi connectivity index (χ3v) is 1.96. The Labute approximate surface area is 81.0 Å². The van der Waals surface area contributed by atoms with E-state index in [1.807, 2.05) is 13.8 Å². The van der Waals surface area contributed by atoms with Crippen LogP contribution in [0.15, 0.2) is 23.0 Å². The van der Waals surface area contributed by atoms with Gasteiger partial charge in [0.05, 0.1) is 5.39 Å². The molecule has 0 N–H and O–H groups in total. The Kier molecular flexibility index (Phi) is 2.04. The second-order valence-corrected chi connectivity index (χ2v) is 3.41. The van der Waals surface area contributed by atoms with Gasteiger partial charge in [-0.15, -0.1) is 0 Å². The summed E-state index contributed by atoms with van der Waals surface area (Å²) in [6.45, 7) is 3.67. The molecule has 0 atom stereocenters. The van der Waals surface area contributed by atoms with Crippen molar-refractivity contribution >= 4 is 16.9 Å². The van der Waals surface area contributed by atoms with Gasteiger partial charge in [-0.1, -0.05) is 13.8 Å². The average Bonchev–Trinajstić information content (AvgIpc) is 2.59. The van der Waals surface area contributed by atoms with E-state index in [2.05, 4.69) is 9.97 Å². The number of ketones is 1. The van der Waals surface area contributed by atoms with E-state index in [0.29, 0.717) is 11.5 Å². The van der Waals surface area contributed by atoms with Crippen LogP contribution in [0.4, 0.5) is 0 Å². The molecule has 0 aliphatic rings. The summed E-state index contributed by atoms with van der Waals surface area (Å²) in [6, 6.07) is 1.68. The van der Waals surface area contributed by atoms with Gasteiger partial charge < -0.3 is 4.42 Å². The Hall–Kier alpha value is -1.71. The van der Waals surface area contributed by atoms with Crippen LogP contribution in [0.3, 0.4) is 0 Å². The average molecular weight is 190 g/mol. The van der Waals surface area contributed by atoms with Crippen LogP contribution in [-0.2, 0) is 0 Å². The molecule has 0 aliphatic heterocycles. The summed E-state index contributed by atoms with van der Waals surface area (Å²) in [4.78, 5) is 19.3. The molecule has 0 saturated heterocycles. The number of nitrogens with zero attached hydrogens (tertiary/aromatic N) is 2. The highest BCUT2D eigenvalue weighted by atomic mass is 16.4. The number of carbonyl (C=O) groups excluding carboxylic acids is 1. The van der Waals surface area contributed by atoms with Crippen LogP contribution in [0.25, 0.3) is 11.1 Å². The maximum atomic E-state index is 11.6. The summed E-state index contributed by atoms with van der Waals surface area (Å²) in [5.41, 5.74) is 0.462. The Balaban J connectivity index is 2.50. The molecule has 14 heavy (non-hydrogen) atoms. The van der Waals surface area contributed by atoms with E-state index >= 15 is 0 Å². The summed E-state index contributed by atoms with van der Waals surface area (Å²) < 4.78 is 5.29. The highest BCUT2D eigenvalue weighted by Gasteiger charge is 2.15. The van der Waals surface area contributed by atoms with Crippen LogP contribution in [0, 0.1) is 5.92 Å². The lowest BCUT2D eigenvalue weighted by molar-refractivity contribution is 0.0913. The van der Waals surface area contributed by atoms with Crippen molar-refractivity contribution in [1.29, 1.82) is 0 Å². The fourth-order valence-electron chi connectivity index (χ4n) is 1.19. The quantitative estimate of drug-likeness (QED) is 0.680. The van der Waals surface area contributed by atoms with Gasteiger partial charge in [0.2, 0.25) is 11.5 Å². The number of carbonyl (C=O) groups is 1. The standard InChI is InChI=1S/C10H10N2O2/c1-6(2)9(13)8-3-7-4-11-5-12-10(7)14-8/h3-6H,1-2H3. The first kappa shape index (κ1) is 8.87. The predicted molar refractivity (Wildman–Crippen MR) is 51.0 cm³/mol. The number of fused-ring (bicyclic) bond motifs is 1. The molecule has 72 valence electrons. The van der Waals surface area contributed by atoms with Gasteiger partial charge in [-0.3, -0.25) is 4.79 Å². The molecule has 4 heteroatoms. The van der Waals surface area contributed by atoms with Crippen LogP contribution in [0.5, 0.6) is 0 Å². The van der Waals surface area contributed by atoms with E-state index < -0.39 is 0 Å². The molecule has 0 saturated carbocycles. The summed E-state index contributed by atoms with van der Waals surface area (Å²) in [6.07, 6.45) is 3.03. The third-order valence-electron chi connectivity index (χ3n) is 1.96. The first-order valence-electron chi connectivity index (χ1n) is 4.42. The molecule has 2 rings (SSSR count). The lowest BCUT2D eigenvalue weighted by atomic mass is 10.1. The minimum absolute atomic E-state index is 0.0111. The van der Waals surface area contributed by atoms with E-state index in [1.165, 1.54) is 6.33 Å². The van der Waals surface area contributed by atoms with Crippen molar-refractivity contribution in [3.8, 4) is 0 Å². The van der Waals surface area contributed by atoms with E-state index in [1.54, 1.807) is 12.3 Å². The van der Waals surface area contributed by atoms with Crippen LogP contribution < -0.4 is 0 Å². The third kappa shape index (κ3) is 1.39. The number of furan rings is 1. The van der Waals surface area contributed by atoms with Crippen molar-refractivity contribution in [1.82, 2.24) is 9.97 Å². The van der Waals surface area contributed by atoms with Gasteiger partial charge in [0.25, 0.3) is 0 Å². The lowest BCUT2D eigenvalue weighted by Gasteiger charge is -1.97. The molecule has 2 aromatic heterocycles. The Morgan fingerprint density at radius 1 is 1.50 bits per heavy atom. The van der Waals surface area contributed by atoms with Crippen LogP contribution in [0.2, 0.25) is 0 Å². The van der Waals surface area contributed by atoms with E-state index in [4.69, 9.17) is 4.42 Å². The van der Waals surface area contributed by atoms with Crippen molar-refractivity contribution < 1.29 is 9.21 Å². The van der Waals surface area contributed by atoms with Crippen molar-refractivity contribution in [2.24, 2.45) is 5.92 Å². The van der Waals surface area contributed by atoms with Crippen molar-refractivity contribution in [3.63, 3.8) is 0 Å². The molecule has 0 radical (unpaired) electrons. The van der Waals surface area contributed by atoms with Gasteiger partial charge in [0.15, 0.2) is 5.76 Å². The fraction of sp³-hybridized carbons (Fsp3) is 0.300. The van der Waals surface area contributed by atoms with E-state index in [9.17, 15) is 4.79 Å². The number of rotatable bonds is 2. The molecule has 0 aliphatic carbocycles. The first-order valence-corrected chi connectivity index (χ1v) is 4.42. The second kappa shape index (κ2) is 3.21.